The number of rotatable bonds is 6. The molecule has 2 N–H and O–H groups in total. The second-order valence-electron chi connectivity index (χ2n) is 7.80. The summed E-state index contributed by atoms with van der Waals surface area (Å²) in [5.74, 6) is 1.62. The van der Waals surface area contributed by atoms with Crippen molar-refractivity contribution in [3.8, 4) is 22.9 Å². The highest BCUT2D eigenvalue weighted by Gasteiger charge is 2.30. The van der Waals surface area contributed by atoms with E-state index in [0.717, 1.165) is 17.7 Å². The summed E-state index contributed by atoms with van der Waals surface area (Å²) in [6.07, 6.45) is -0.424. The second kappa shape index (κ2) is 10.4. The van der Waals surface area contributed by atoms with Crippen LogP contribution in [0.25, 0.3) is 11.3 Å². The lowest BCUT2D eigenvalue weighted by Gasteiger charge is -2.14. The van der Waals surface area contributed by atoms with Gasteiger partial charge in [-0.1, -0.05) is 6.92 Å². The molecule has 2 aromatic carbocycles. The van der Waals surface area contributed by atoms with Crippen molar-refractivity contribution in [2.45, 2.75) is 26.4 Å². The molecule has 10 heteroatoms. The molecular formula is C26H22F3N5O2. The molecule has 2 aromatic heterocycles. The maximum Gasteiger partial charge on any atom is 0.416 e. The van der Waals surface area contributed by atoms with Crippen LogP contribution in [0.4, 0.5) is 29.3 Å². The van der Waals surface area contributed by atoms with Crippen LogP contribution in [0.3, 0.4) is 0 Å². The summed E-state index contributed by atoms with van der Waals surface area (Å²) in [5, 5.41) is 5.16. The van der Waals surface area contributed by atoms with Crippen LogP contribution in [0.5, 0.6) is 11.6 Å². The van der Waals surface area contributed by atoms with E-state index in [9.17, 15) is 18.0 Å². The molecule has 0 unspecified atom stereocenters. The summed E-state index contributed by atoms with van der Waals surface area (Å²) in [7, 11) is 0. The first-order valence-electron chi connectivity index (χ1n) is 11.0. The first-order chi connectivity index (χ1) is 17.2. The average molecular weight is 493 g/mol. The molecule has 36 heavy (non-hydrogen) atoms. The Hall–Kier alpha value is -4.47. The van der Waals surface area contributed by atoms with E-state index >= 15 is 0 Å². The van der Waals surface area contributed by atoms with Crippen molar-refractivity contribution in [3.63, 3.8) is 0 Å². The number of hydrogen-bond donors (Lipinski definition) is 2. The number of benzene rings is 2. The molecule has 0 spiro atoms. The molecular weight excluding hydrogens is 471 g/mol. The number of alkyl halides is 3. The number of amides is 2. The van der Waals surface area contributed by atoms with E-state index in [1.807, 2.05) is 19.9 Å². The number of hydrogen-bond acceptors (Lipinski definition) is 5. The second-order valence-corrected chi connectivity index (χ2v) is 7.80. The van der Waals surface area contributed by atoms with Gasteiger partial charge in [0.05, 0.1) is 16.8 Å². The van der Waals surface area contributed by atoms with Gasteiger partial charge in [0, 0.05) is 30.2 Å². The van der Waals surface area contributed by atoms with Gasteiger partial charge in [-0.25, -0.2) is 19.7 Å². The molecule has 2 amide bonds. The number of nitrogens with zero attached hydrogens (tertiary/aromatic N) is 3. The molecule has 0 aliphatic carbocycles. The van der Waals surface area contributed by atoms with Crippen LogP contribution in [0.2, 0.25) is 0 Å². The molecule has 0 saturated heterocycles. The highest BCUT2D eigenvalue weighted by Crippen LogP contribution is 2.33. The molecule has 0 aliphatic rings. The molecule has 2 heterocycles. The van der Waals surface area contributed by atoms with E-state index in [-0.39, 0.29) is 5.69 Å². The number of carbonyl (C=O) groups is 1. The van der Waals surface area contributed by atoms with E-state index in [2.05, 4.69) is 25.6 Å². The van der Waals surface area contributed by atoms with E-state index in [0.29, 0.717) is 40.8 Å². The van der Waals surface area contributed by atoms with Crippen LogP contribution in [0.1, 0.15) is 23.9 Å². The topological polar surface area (TPSA) is 89.0 Å². The molecule has 0 bridgehead atoms. The first-order valence-corrected chi connectivity index (χ1v) is 11.0. The van der Waals surface area contributed by atoms with E-state index < -0.39 is 17.8 Å². The minimum atomic E-state index is -4.44. The monoisotopic (exact) mass is 493 g/mol. The fourth-order valence-corrected chi connectivity index (χ4v) is 3.37. The molecule has 7 nitrogen and oxygen atoms in total. The highest BCUT2D eigenvalue weighted by molar-refractivity contribution is 5.99. The van der Waals surface area contributed by atoms with Gasteiger partial charge in [-0.15, -0.1) is 0 Å². The zero-order chi connectivity index (χ0) is 25.7. The number of nitrogens with one attached hydrogen (secondary N) is 2. The molecule has 4 aromatic rings. The first kappa shape index (κ1) is 24.6. The molecule has 0 radical (unpaired) electrons. The van der Waals surface area contributed by atoms with Crippen molar-refractivity contribution in [2.24, 2.45) is 0 Å². The highest BCUT2D eigenvalue weighted by atomic mass is 19.4. The Morgan fingerprint density at radius 1 is 0.944 bits per heavy atom. The number of anilines is 2. The lowest BCUT2D eigenvalue weighted by molar-refractivity contribution is -0.137. The summed E-state index contributed by atoms with van der Waals surface area (Å²) in [6, 6.07) is 14.1. The van der Waals surface area contributed by atoms with E-state index in [1.54, 1.807) is 42.7 Å². The third-order valence-electron chi connectivity index (χ3n) is 5.18. The third kappa shape index (κ3) is 5.96. The van der Waals surface area contributed by atoms with E-state index in [4.69, 9.17) is 4.74 Å². The van der Waals surface area contributed by atoms with Gasteiger partial charge >= 0.3 is 12.2 Å². The number of pyridine rings is 1. The van der Waals surface area contributed by atoms with Gasteiger partial charge in [0.15, 0.2) is 0 Å². The van der Waals surface area contributed by atoms with Crippen molar-refractivity contribution < 1.29 is 22.7 Å². The number of urea groups is 1. The Morgan fingerprint density at radius 3 is 2.36 bits per heavy atom. The molecule has 4 rings (SSSR count). The lowest BCUT2D eigenvalue weighted by atomic mass is 10.1. The van der Waals surface area contributed by atoms with Crippen LogP contribution in [0, 0.1) is 6.92 Å². The SMILES string of the molecule is CCc1nccc(-c2cccnc2Oc2ccc(NC(=O)Nc3ccc(C(F)(F)F)cc3)cc2C)n1. The van der Waals surface area contributed by atoms with Gasteiger partial charge in [0.25, 0.3) is 0 Å². The molecule has 184 valence electrons. The fraction of sp³-hybridized carbons (Fsp3) is 0.154. The minimum Gasteiger partial charge on any atom is -0.438 e. The van der Waals surface area contributed by atoms with Crippen molar-refractivity contribution in [1.29, 1.82) is 0 Å². The van der Waals surface area contributed by atoms with Gasteiger partial charge in [-0.05, 0) is 73.2 Å². The molecule has 0 aliphatic heterocycles. The normalized spacial score (nSPS) is 11.1. The van der Waals surface area contributed by atoms with Crippen molar-refractivity contribution in [2.75, 3.05) is 10.6 Å². The summed E-state index contributed by atoms with van der Waals surface area (Å²) < 4.78 is 44.2. The Balaban J connectivity index is 1.45. The summed E-state index contributed by atoms with van der Waals surface area (Å²) in [4.78, 5) is 25.4. The Kier molecular flexibility index (Phi) is 7.14. The van der Waals surface area contributed by atoms with Crippen molar-refractivity contribution in [3.05, 3.63) is 90.0 Å². The van der Waals surface area contributed by atoms with Crippen molar-refractivity contribution in [1.82, 2.24) is 15.0 Å². The van der Waals surface area contributed by atoms with Crippen LogP contribution in [-0.2, 0) is 12.6 Å². The maximum absolute atomic E-state index is 12.7. The van der Waals surface area contributed by atoms with Crippen LogP contribution in [0.15, 0.2) is 73.1 Å². The third-order valence-corrected chi connectivity index (χ3v) is 5.18. The quantitative estimate of drug-likeness (QED) is 0.306. The largest absolute Gasteiger partial charge is 0.438 e. The van der Waals surface area contributed by atoms with Gasteiger partial charge in [-0.3, -0.25) is 0 Å². The Labute approximate surface area is 205 Å². The lowest BCUT2D eigenvalue weighted by Crippen LogP contribution is -2.19. The van der Waals surface area contributed by atoms with Gasteiger partial charge in [0.2, 0.25) is 5.88 Å². The minimum absolute atomic E-state index is 0.232. The Bertz CT molecular complexity index is 1370. The predicted octanol–water partition coefficient (Wildman–Crippen LogP) is 6.86. The molecule has 0 saturated carbocycles. The standard InChI is InChI=1S/C26H22F3N5O2/c1-3-23-30-14-12-21(34-23)20-5-4-13-31-24(20)36-22-11-10-19(15-16(22)2)33-25(35)32-18-8-6-17(7-9-18)26(27,28)29/h4-15H,3H2,1-2H3,(H2,32,33,35). The van der Waals surface area contributed by atoms with Gasteiger partial charge in [-0.2, -0.15) is 13.2 Å². The maximum atomic E-state index is 12.7. The zero-order valence-corrected chi connectivity index (χ0v) is 19.4. The van der Waals surface area contributed by atoms with Gasteiger partial charge in [0.1, 0.15) is 11.6 Å². The van der Waals surface area contributed by atoms with Crippen molar-refractivity contribution >= 4 is 17.4 Å². The van der Waals surface area contributed by atoms with Crippen LogP contribution in [-0.4, -0.2) is 21.0 Å². The van der Waals surface area contributed by atoms with Crippen LogP contribution >= 0.6 is 0 Å². The van der Waals surface area contributed by atoms with Crippen LogP contribution < -0.4 is 15.4 Å². The number of carbonyl (C=O) groups excluding carboxylic acids is 1. The predicted molar refractivity (Wildman–Crippen MR) is 130 cm³/mol. The Morgan fingerprint density at radius 2 is 1.67 bits per heavy atom. The average Bonchev–Trinajstić information content (AvgIpc) is 2.86. The molecule has 0 fully saturated rings. The fourth-order valence-electron chi connectivity index (χ4n) is 3.37. The van der Waals surface area contributed by atoms with E-state index in [1.165, 1.54) is 12.1 Å². The number of ether oxygens (including phenoxy) is 1. The summed E-state index contributed by atoms with van der Waals surface area (Å²) in [5.41, 5.74) is 2.06. The number of aryl methyl sites for hydroxylation is 2. The summed E-state index contributed by atoms with van der Waals surface area (Å²) in [6.45, 7) is 3.79. The number of halogens is 3. The molecule has 0 atom stereocenters. The number of aromatic nitrogens is 3. The van der Waals surface area contributed by atoms with Gasteiger partial charge < -0.3 is 15.4 Å². The summed E-state index contributed by atoms with van der Waals surface area (Å²) >= 11 is 0. The smallest absolute Gasteiger partial charge is 0.416 e. The zero-order valence-electron chi connectivity index (χ0n) is 19.4.